The zero-order valence-corrected chi connectivity index (χ0v) is 19.5. The molecule has 0 aliphatic carbocycles. The topological polar surface area (TPSA) is 54.2 Å². The Bertz CT molecular complexity index is 927. The fourth-order valence-electron chi connectivity index (χ4n) is 3.16. The number of anilines is 1. The summed E-state index contributed by atoms with van der Waals surface area (Å²) in [6.45, 7) is 5.02. The molecule has 0 amide bonds. The van der Waals surface area contributed by atoms with E-state index in [0.29, 0.717) is 5.02 Å². The first-order valence-electron chi connectivity index (χ1n) is 9.09. The molecular weight excluding hydrogens is 427 g/mol. The first kappa shape index (κ1) is 25.5. The summed E-state index contributed by atoms with van der Waals surface area (Å²) in [6.07, 6.45) is 1.80. The van der Waals surface area contributed by atoms with Gasteiger partial charge in [0.05, 0.1) is 5.52 Å². The SMILES string of the molecule is CN(C)c1ccc(CNC(C)(C)C(N)c2ccnc3cc(Cl)ccc23)cc1.Cl.Cl. The van der Waals surface area contributed by atoms with Crippen molar-refractivity contribution in [2.75, 3.05) is 19.0 Å². The lowest BCUT2D eigenvalue weighted by atomic mass is 9.87. The van der Waals surface area contributed by atoms with Crippen molar-refractivity contribution in [1.29, 1.82) is 0 Å². The highest BCUT2D eigenvalue weighted by molar-refractivity contribution is 6.31. The van der Waals surface area contributed by atoms with Gasteiger partial charge in [0.15, 0.2) is 0 Å². The summed E-state index contributed by atoms with van der Waals surface area (Å²) in [4.78, 5) is 6.51. The second kappa shape index (κ2) is 10.5. The number of nitrogens with zero attached hydrogens (tertiary/aromatic N) is 2. The van der Waals surface area contributed by atoms with E-state index in [1.54, 1.807) is 6.20 Å². The van der Waals surface area contributed by atoms with Crippen molar-refractivity contribution < 1.29 is 0 Å². The molecule has 0 aliphatic rings. The summed E-state index contributed by atoms with van der Waals surface area (Å²) >= 11 is 6.10. The van der Waals surface area contributed by atoms with Crippen LogP contribution in [-0.2, 0) is 6.54 Å². The maximum Gasteiger partial charge on any atom is 0.0720 e. The van der Waals surface area contributed by atoms with Crippen molar-refractivity contribution in [3.8, 4) is 0 Å². The van der Waals surface area contributed by atoms with Crippen molar-refractivity contribution >= 4 is 53.0 Å². The van der Waals surface area contributed by atoms with Gasteiger partial charge in [0.2, 0.25) is 0 Å². The van der Waals surface area contributed by atoms with Crippen molar-refractivity contribution in [3.63, 3.8) is 0 Å². The van der Waals surface area contributed by atoms with Crippen LogP contribution in [0.4, 0.5) is 5.69 Å². The molecule has 3 N–H and O–H groups in total. The molecule has 0 bridgehead atoms. The van der Waals surface area contributed by atoms with Crippen molar-refractivity contribution in [2.24, 2.45) is 5.73 Å². The Morgan fingerprint density at radius 2 is 1.72 bits per heavy atom. The van der Waals surface area contributed by atoms with E-state index in [9.17, 15) is 0 Å². The molecule has 0 saturated heterocycles. The van der Waals surface area contributed by atoms with Gasteiger partial charge >= 0.3 is 0 Å². The van der Waals surface area contributed by atoms with Gasteiger partial charge in [-0.05, 0) is 55.3 Å². The van der Waals surface area contributed by atoms with Crippen LogP contribution in [0, 0.1) is 0 Å². The van der Waals surface area contributed by atoms with E-state index in [1.165, 1.54) is 11.3 Å². The van der Waals surface area contributed by atoms with Crippen molar-refractivity contribution in [2.45, 2.75) is 32.0 Å². The van der Waals surface area contributed by atoms with Gasteiger partial charge in [0, 0.05) is 54.5 Å². The van der Waals surface area contributed by atoms with E-state index in [0.717, 1.165) is 23.0 Å². The lowest BCUT2D eigenvalue weighted by Gasteiger charge is -2.34. The van der Waals surface area contributed by atoms with Crippen LogP contribution in [0.15, 0.2) is 54.7 Å². The average Bonchev–Trinajstić information content (AvgIpc) is 2.65. The third-order valence-corrected chi connectivity index (χ3v) is 5.29. The zero-order chi connectivity index (χ0) is 19.6. The van der Waals surface area contributed by atoms with Crippen LogP contribution in [-0.4, -0.2) is 24.6 Å². The van der Waals surface area contributed by atoms with Crippen LogP contribution >= 0.6 is 36.4 Å². The van der Waals surface area contributed by atoms with Crippen LogP contribution in [0.2, 0.25) is 5.02 Å². The number of hydrogen-bond acceptors (Lipinski definition) is 4. The summed E-state index contributed by atoms with van der Waals surface area (Å²) in [5.41, 5.74) is 10.7. The Morgan fingerprint density at radius 1 is 1.07 bits per heavy atom. The Hall–Kier alpha value is -1.56. The van der Waals surface area contributed by atoms with Gasteiger partial charge in [-0.2, -0.15) is 0 Å². The molecule has 1 aromatic heterocycles. The van der Waals surface area contributed by atoms with Gasteiger partial charge in [0.25, 0.3) is 0 Å². The summed E-state index contributed by atoms with van der Waals surface area (Å²) in [5, 5.41) is 5.33. The molecule has 0 saturated carbocycles. The normalized spacial score (nSPS) is 12.1. The first-order valence-corrected chi connectivity index (χ1v) is 9.47. The van der Waals surface area contributed by atoms with Crippen molar-refractivity contribution in [3.05, 3.63) is 70.9 Å². The molecule has 158 valence electrons. The number of pyridine rings is 1. The van der Waals surface area contributed by atoms with Crippen LogP contribution in [0.25, 0.3) is 10.9 Å². The molecule has 0 spiro atoms. The molecule has 7 heteroatoms. The van der Waals surface area contributed by atoms with Crippen LogP contribution in [0.1, 0.15) is 31.0 Å². The summed E-state index contributed by atoms with van der Waals surface area (Å²) in [6, 6.07) is 16.1. The number of halogens is 3. The maximum absolute atomic E-state index is 6.67. The highest BCUT2D eigenvalue weighted by Gasteiger charge is 2.28. The average molecular weight is 456 g/mol. The van der Waals surface area contributed by atoms with Crippen LogP contribution < -0.4 is 16.0 Å². The number of rotatable bonds is 6. The number of nitrogens with two attached hydrogens (primary N) is 1. The Morgan fingerprint density at radius 3 is 2.34 bits per heavy atom. The van der Waals surface area contributed by atoms with E-state index in [1.807, 2.05) is 38.4 Å². The Kier molecular flexibility index (Phi) is 9.19. The number of benzene rings is 2. The minimum absolute atomic E-state index is 0. The number of aromatic nitrogens is 1. The lowest BCUT2D eigenvalue weighted by Crippen LogP contribution is -2.48. The third-order valence-electron chi connectivity index (χ3n) is 5.05. The number of hydrogen-bond donors (Lipinski definition) is 2. The van der Waals surface area contributed by atoms with E-state index in [4.69, 9.17) is 17.3 Å². The fraction of sp³-hybridized carbons (Fsp3) is 0.318. The maximum atomic E-state index is 6.67. The molecular formula is C22H29Cl3N4. The molecule has 29 heavy (non-hydrogen) atoms. The van der Waals surface area contributed by atoms with Gasteiger partial charge in [-0.3, -0.25) is 4.98 Å². The second-order valence-corrected chi connectivity index (χ2v) is 8.11. The summed E-state index contributed by atoms with van der Waals surface area (Å²) < 4.78 is 0. The highest BCUT2D eigenvalue weighted by Crippen LogP contribution is 2.30. The van der Waals surface area contributed by atoms with Gasteiger partial charge in [-0.1, -0.05) is 29.8 Å². The zero-order valence-electron chi connectivity index (χ0n) is 17.1. The minimum Gasteiger partial charge on any atom is -0.378 e. The van der Waals surface area contributed by atoms with E-state index in [2.05, 4.69) is 53.3 Å². The predicted molar refractivity (Wildman–Crippen MR) is 130 cm³/mol. The van der Waals surface area contributed by atoms with E-state index >= 15 is 0 Å². The number of nitrogens with one attached hydrogen (secondary N) is 1. The molecule has 3 aromatic rings. The van der Waals surface area contributed by atoms with E-state index in [-0.39, 0.29) is 36.4 Å². The van der Waals surface area contributed by atoms with Gasteiger partial charge in [0.1, 0.15) is 0 Å². The first-order chi connectivity index (χ1) is 12.8. The molecule has 1 atom stereocenters. The largest absolute Gasteiger partial charge is 0.378 e. The molecule has 0 fully saturated rings. The van der Waals surface area contributed by atoms with Gasteiger partial charge < -0.3 is 16.0 Å². The highest BCUT2D eigenvalue weighted by atomic mass is 35.5. The Labute approximate surface area is 190 Å². The molecule has 0 aliphatic heterocycles. The fourth-order valence-corrected chi connectivity index (χ4v) is 3.32. The monoisotopic (exact) mass is 454 g/mol. The second-order valence-electron chi connectivity index (χ2n) is 7.68. The summed E-state index contributed by atoms with van der Waals surface area (Å²) in [7, 11) is 4.09. The van der Waals surface area contributed by atoms with Gasteiger partial charge in [-0.25, -0.2) is 0 Å². The van der Waals surface area contributed by atoms with Crippen molar-refractivity contribution in [1.82, 2.24) is 10.3 Å². The third kappa shape index (κ3) is 5.97. The van der Waals surface area contributed by atoms with Crippen LogP contribution in [0.3, 0.4) is 0 Å². The lowest BCUT2D eigenvalue weighted by molar-refractivity contribution is 0.322. The predicted octanol–water partition coefficient (Wildman–Crippen LogP) is 5.37. The Balaban J connectivity index is 0.00000210. The van der Waals surface area contributed by atoms with Gasteiger partial charge in [-0.15, -0.1) is 24.8 Å². The minimum atomic E-state index is -0.297. The molecule has 4 nitrogen and oxygen atoms in total. The molecule has 2 aromatic carbocycles. The molecule has 0 radical (unpaired) electrons. The molecule has 1 heterocycles. The molecule has 3 rings (SSSR count). The number of fused-ring (bicyclic) bond motifs is 1. The smallest absolute Gasteiger partial charge is 0.0720 e. The quantitative estimate of drug-likeness (QED) is 0.525. The van der Waals surface area contributed by atoms with Crippen LogP contribution in [0.5, 0.6) is 0 Å². The standard InChI is InChI=1S/C22H27ClN4.2ClH/c1-22(2,26-14-15-5-8-17(9-6-15)27(3)4)21(24)19-11-12-25-20-13-16(23)7-10-18(19)20;;/h5-13,21,26H,14,24H2,1-4H3;2*1H. The van der Waals surface area contributed by atoms with E-state index < -0.39 is 0 Å². The molecule has 1 unspecified atom stereocenters. The summed E-state index contributed by atoms with van der Waals surface area (Å²) in [5.74, 6) is 0.